The molecule has 1 saturated heterocycles. The average molecular weight is 624 g/mol. The summed E-state index contributed by atoms with van der Waals surface area (Å²) in [4.78, 5) is 43.3. The van der Waals surface area contributed by atoms with Crippen molar-refractivity contribution in [3.63, 3.8) is 0 Å². The van der Waals surface area contributed by atoms with E-state index in [2.05, 4.69) is 21.5 Å². The lowest BCUT2D eigenvalue weighted by molar-refractivity contribution is -0.126. The van der Waals surface area contributed by atoms with Gasteiger partial charge in [-0.15, -0.1) is 11.3 Å². The maximum atomic E-state index is 15.9. The molecule has 43 heavy (non-hydrogen) atoms. The van der Waals surface area contributed by atoms with Crippen molar-refractivity contribution >= 4 is 49.8 Å². The van der Waals surface area contributed by atoms with Crippen LogP contribution in [0.3, 0.4) is 0 Å². The predicted octanol–water partition coefficient (Wildman–Crippen LogP) is 3.52. The zero-order valence-corrected chi connectivity index (χ0v) is 25.3. The van der Waals surface area contributed by atoms with Crippen LogP contribution in [0.1, 0.15) is 37.7 Å². The third-order valence-corrected chi connectivity index (χ3v) is 10.2. The number of aromatic nitrogens is 4. The van der Waals surface area contributed by atoms with Crippen LogP contribution in [0.4, 0.5) is 16.0 Å². The second-order valence-electron chi connectivity index (χ2n) is 10.9. The van der Waals surface area contributed by atoms with Gasteiger partial charge in [0, 0.05) is 31.9 Å². The van der Waals surface area contributed by atoms with Gasteiger partial charge in [0.2, 0.25) is 5.91 Å². The molecule has 14 heteroatoms. The van der Waals surface area contributed by atoms with E-state index in [1.807, 2.05) is 17.9 Å². The average Bonchev–Trinajstić information content (AvgIpc) is 3.36. The number of sulfone groups is 1. The number of halogens is 1. The summed E-state index contributed by atoms with van der Waals surface area (Å²) in [5, 5.41) is 0.224. The van der Waals surface area contributed by atoms with E-state index in [1.165, 1.54) is 28.3 Å². The van der Waals surface area contributed by atoms with Crippen molar-refractivity contribution < 1.29 is 17.6 Å². The zero-order chi connectivity index (χ0) is 30.6. The Morgan fingerprint density at radius 2 is 2.00 bits per heavy atom. The molecule has 0 bridgehead atoms. The van der Waals surface area contributed by atoms with Crippen molar-refractivity contribution in [2.75, 3.05) is 36.5 Å². The molecule has 0 radical (unpaired) electrons. The highest BCUT2D eigenvalue weighted by atomic mass is 32.2. The van der Waals surface area contributed by atoms with Gasteiger partial charge in [0.25, 0.3) is 0 Å². The number of fused-ring (bicyclic) bond motifs is 1. The molecule has 1 aliphatic carbocycles. The molecule has 1 aliphatic heterocycles. The van der Waals surface area contributed by atoms with Crippen molar-refractivity contribution in [2.45, 2.75) is 43.0 Å². The third-order valence-electron chi connectivity index (χ3n) is 8.20. The normalized spacial score (nSPS) is 17.7. The molecule has 4 heterocycles. The van der Waals surface area contributed by atoms with E-state index in [0.717, 1.165) is 36.9 Å². The Morgan fingerprint density at radius 3 is 2.60 bits per heavy atom. The number of nitrogens with two attached hydrogens (primary N) is 1. The Bertz CT molecular complexity index is 1950. The number of nitrogen functional groups attached to an aromatic ring is 1. The summed E-state index contributed by atoms with van der Waals surface area (Å²) in [6, 6.07) is 5.93. The summed E-state index contributed by atoms with van der Waals surface area (Å²) in [6.45, 7) is 6.45. The Balaban J connectivity index is 1.66. The van der Waals surface area contributed by atoms with E-state index >= 15 is 4.39 Å². The predicted molar refractivity (Wildman–Crippen MR) is 164 cm³/mol. The van der Waals surface area contributed by atoms with Crippen molar-refractivity contribution in [2.24, 2.45) is 0 Å². The van der Waals surface area contributed by atoms with Crippen LogP contribution in [0.2, 0.25) is 0 Å². The molecular formula is C29H30FN7O4S2. The number of carbonyl (C=O) groups is 1. The van der Waals surface area contributed by atoms with E-state index in [4.69, 9.17) is 5.73 Å². The lowest BCUT2D eigenvalue weighted by atomic mass is 9.79. The van der Waals surface area contributed by atoms with Crippen molar-refractivity contribution in [3.05, 3.63) is 64.3 Å². The Kier molecular flexibility index (Phi) is 7.29. The Hall–Kier alpha value is -4.17. The van der Waals surface area contributed by atoms with Crippen LogP contribution in [-0.2, 0) is 14.6 Å². The molecule has 1 aromatic carbocycles. The van der Waals surface area contributed by atoms with Crippen molar-refractivity contribution in [1.82, 2.24) is 24.4 Å². The van der Waals surface area contributed by atoms with Gasteiger partial charge in [0.05, 0.1) is 26.4 Å². The molecule has 0 unspecified atom stereocenters. The second kappa shape index (κ2) is 10.8. The van der Waals surface area contributed by atoms with Gasteiger partial charge in [-0.1, -0.05) is 25.1 Å². The van der Waals surface area contributed by atoms with Crippen molar-refractivity contribution in [3.8, 4) is 16.3 Å². The highest BCUT2D eigenvalue weighted by Gasteiger charge is 2.33. The minimum absolute atomic E-state index is 0.0373. The first-order chi connectivity index (χ1) is 20.5. The van der Waals surface area contributed by atoms with E-state index in [-0.39, 0.29) is 61.7 Å². The molecule has 11 nitrogen and oxygen atoms in total. The van der Waals surface area contributed by atoms with Crippen LogP contribution in [-0.4, -0.2) is 70.7 Å². The summed E-state index contributed by atoms with van der Waals surface area (Å²) in [5.41, 5.74) is 7.58. The minimum atomic E-state index is -3.80. The maximum absolute atomic E-state index is 15.9. The first-order valence-corrected chi connectivity index (χ1v) is 16.6. The molecule has 6 rings (SSSR count). The highest BCUT2D eigenvalue weighted by Crippen LogP contribution is 2.42. The number of para-hydroxylation sites is 1. The van der Waals surface area contributed by atoms with Gasteiger partial charge in [-0.25, -0.2) is 32.1 Å². The first-order valence-electron chi connectivity index (χ1n) is 13.8. The maximum Gasteiger partial charge on any atom is 0.355 e. The SMILES string of the molecule is C=CC(=O)N1CCN(c2nc(=O)n(-c3c(C4CCC4)cccc3S(C)(=O)=O)c3nc(-c4scnc4N)c(F)cc23)[C@@H](C)C1. The lowest BCUT2D eigenvalue weighted by Crippen LogP contribution is -2.54. The van der Waals surface area contributed by atoms with Crippen LogP contribution in [0.5, 0.6) is 0 Å². The Labute approximate surface area is 251 Å². The smallest absolute Gasteiger partial charge is 0.355 e. The lowest BCUT2D eigenvalue weighted by Gasteiger charge is -2.40. The molecule has 3 aromatic heterocycles. The molecular weight excluding hydrogens is 593 g/mol. The molecule has 2 fully saturated rings. The van der Waals surface area contributed by atoms with E-state index in [0.29, 0.717) is 25.2 Å². The second-order valence-corrected chi connectivity index (χ2v) is 13.8. The molecule has 1 atom stereocenters. The van der Waals surface area contributed by atoms with E-state index in [9.17, 15) is 18.0 Å². The number of carbonyl (C=O) groups excluding carboxylic acids is 1. The number of hydrogen-bond donors (Lipinski definition) is 1. The molecule has 224 valence electrons. The summed E-state index contributed by atoms with van der Waals surface area (Å²) < 4.78 is 43.2. The summed E-state index contributed by atoms with van der Waals surface area (Å²) in [5.74, 6) is -0.569. The minimum Gasteiger partial charge on any atom is -0.382 e. The van der Waals surface area contributed by atoms with Crippen molar-refractivity contribution in [1.29, 1.82) is 0 Å². The number of hydrogen-bond acceptors (Lipinski definition) is 10. The van der Waals surface area contributed by atoms with Gasteiger partial charge in [0.1, 0.15) is 17.3 Å². The van der Waals surface area contributed by atoms with Gasteiger partial charge in [-0.3, -0.25) is 4.79 Å². The van der Waals surface area contributed by atoms with E-state index in [1.54, 1.807) is 11.0 Å². The number of pyridine rings is 1. The number of rotatable bonds is 6. The molecule has 2 N–H and O–H groups in total. The summed E-state index contributed by atoms with van der Waals surface area (Å²) in [7, 11) is -3.80. The van der Waals surface area contributed by atoms with Crippen LogP contribution < -0.4 is 16.3 Å². The van der Waals surface area contributed by atoms with Gasteiger partial charge >= 0.3 is 5.69 Å². The van der Waals surface area contributed by atoms with Gasteiger partial charge in [0.15, 0.2) is 21.3 Å². The monoisotopic (exact) mass is 623 g/mol. The summed E-state index contributed by atoms with van der Waals surface area (Å²) >= 11 is 1.10. The quantitative estimate of drug-likeness (QED) is 0.319. The number of piperazine rings is 1. The van der Waals surface area contributed by atoms with E-state index < -0.39 is 21.3 Å². The topological polar surface area (TPSA) is 144 Å². The number of nitrogens with zero attached hydrogens (tertiary/aromatic N) is 6. The standard InChI is InChI=1S/C29H30FN7O4S2/c1-4-22(38)35-11-12-36(16(2)14-35)27-19-13-20(30)23(25-26(31)32-15-42-25)33-28(19)37(29(39)34-27)24-18(17-7-5-8-17)9-6-10-21(24)43(3,40)41/h4,6,9-10,13,15-17H,1,5,7-8,11-12,14,31H2,2-3H3/t16-/m0/s1. The molecule has 0 spiro atoms. The fraction of sp³-hybridized carbons (Fsp3) is 0.345. The van der Waals surface area contributed by atoms with Crippen LogP contribution in [0.25, 0.3) is 27.3 Å². The summed E-state index contributed by atoms with van der Waals surface area (Å²) in [6.07, 6.45) is 5.01. The van der Waals surface area contributed by atoms with Gasteiger partial charge < -0.3 is 15.5 Å². The molecule has 2 aliphatic rings. The molecule has 1 amide bonds. The van der Waals surface area contributed by atoms with Crippen LogP contribution >= 0.6 is 11.3 Å². The highest BCUT2D eigenvalue weighted by molar-refractivity contribution is 7.90. The number of anilines is 2. The first kappa shape index (κ1) is 28.9. The van der Waals surface area contributed by atoms with Crippen LogP contribution in [0.15, 0.2) is 52.1 Å². The molecule has 4 aromatic rings. The largest absolute Gasteiger partial charge is 0.382 e. The zero-order valence-electron chi connectivity index (χ0n) is 23.7. The third kappa shape index (κ3) is 4.97. The van der Waals surface area contributed by atoms with Gasteiger partial charge in [-0.05, 0) is 49.5 Å². The Morgan fingerprint density at radius 1 is 1.23 bits per heavy atom. The van der Waals surface area contributed by atoms with Crippen LogP contribution in [0, 0.1) is 5.82 Å². The number of amides is 1. The number of thiazole rings is 1. The fourth-order valence-corrected chi connectivity index (χ4v) is 7.43. The fourth-order valence-electron chi connectivity index (χ4n) is 5.85. The number of benzene rings is 1. The molecule has 1 saturated carbocycles. The van der Waals surface area contributed by atoms with Gasteiger partial charge in [-0.2, -0.15) is 4.98 Å².